The van der Waals surface area contributed by atoms with Crippen LogP contribution in [-0.2, 0) is 26.1 Å². The second kappa shape index (κ2) is 10.4. The second-order valence-corrected chi connectivity index (χ2v) is 10.1. The van der Waals surface area contributed by atoms with Gasteiger partial charge in [0.05, 0.1) is 34.4 Å². The highest BCUT2D eigenvalue weighted by Crippen LogP contribution is 2.24. The van der Waals surface area contributed by atoms with Gasteiger partial charge in [0.2, 0.25) is 15.9 Å². The Balaban J connectivity index is 1.38. The summed E-state index contributed by atoms with van der Waals surface area (Å²) in [5.74, 6) is -0.589. The van der Waals surface area contributed by atoms with Crippen molar-refractivity contribution < 1.29 is 22.7 Å². The lowest BCUT2D eigenvalue weighted by atomic mass is 10.2. The molecule has 0 radical (unpaired) electrons. The van der Waals surface area contributed by atoms with E-state index in [1.165, 1.54) is 4.31 Å². The number of hydrogen-bond acceptors (Lipinski definition) is 6. The van der Waals surface area contributed by atoms with Gasteiger partial charge < -0.3 is 14.6 Å². The van der Waals surface area contributed by atoms with Crippen molar-refractivity contribution in [2.24, 2.45) is 0 Å². The van der Waals surface area contributed by atoms with E-state index in [0.29, 0.717) is 43.0 Å². The number of nitrogens with one attached hydrogen (secondary N) is 1. The van der Waals surface area contributed by atoms with Crippen LogP contribution in [0, 0.1) is 0 Å². The van der Waals surface area contributed by atoms with Crippen molar-refractivity contribution in [1.82, 2.24) is 13.9 Å². The molecule has 9 nitrogen and oxygen atoms in total. The number of rotatable bonds is 8. The highest BCUT2D eigenvalue weighted by atomic mass is 32.2. The van der Waals surface area contributed by atoms with Crippen LogP contribution in [0.25, 0.3) is 11.0 Å². The minimum atomic E-state index is -3.53. The molecule has 2 aromatic carbocycles. The first-order valence-electron chi connectivity index (χ1n) is 11.4. The monoisotopic (exact) mass is 484 g/mol. The zero-order valence-electron chi connectivity index (χ0n) is 19.1. The van der Waals surface area contributed by atoms with Gasteiger partial charge in [0.25, 0.3) is 0 Å². The van der Waals surface area contributed by atoms with Crippen LogP contribution in [0.15, 0.2) is 53.7 Å². The summed E-state index contributed by atoms with van der Waals surface area (Å²) in [4.78, 5) is 28.7. The summed E-state index contributed by atoms with van der Waals surface area (Å²) < 4.78 is 34.2. The lowest BCUT2D eigenvalue weighted by Crippen LogP contribution is -2.35. The molecule has 1 aliphatic heterocycles. The number of piperidine rings is 1. The number of benzene rings is 2. The minimum Gasteiger partial charge on any atom is -0.462 e. The predicted octanol–water partition coefficient (Wildman–Crippen LogP) is 3.42. The number of imidazole rings is 1. The third-order valence-electron chi connectivity index (χ3n) is 5.80. The number of carbonyl (C=O) groups excluding carboxylic acids is 2. The molecule has 1 aromatic heterocycles. The quantitative estimate of drug-likeness (QED) is 0.491. The van der Waals surface area contributed by atoms with Crippen LogP contribution in [0.5, 0.6) is 0 Å². The molecule has 10 heteroatoms. The number of esters is 1. The van der Waals surface area contributed by atoms with Crippen molar-refractivity contribution >= 4 is 38.6 Å². The Kier molecular flexibility index (Phi) is 7.28. The van der Waals surface area contributed by atoms with Crippen molar-refractivity contribution in [3.8, 4) is 0 Å². The average molecular weight is 485 g/mol. The molecule has 4 rings (SSSR count). The molecule has 0 aliphatic carbocycles. The van der Waals surface area contributed by atoms with Crippen molar-refractivity contribution in [2.45, 2.75) is 44.0 Å². The normalized spacial score (nSPS) is 14.7. The minimum absolute atomic E-state index is 0.185. The average Bonchev–Trinajstić information content (AvgIpc) is 3.26. The topological polar surface area (TPSA) is 111 Å². The SMILES string of the molecule is CCOC(=O)c1ccc(NC(=O)CCn2cnc3cc(S(=O)(=O)N4CCCCC4)ccc32)cc1. The molecule has 1 saturated heterocycles. The van der Waals surface area contributed by atoms with Crippen LogP contribution in [0.2, 0.25) is 0 Å². The molecule has 0 atom stereocenters. The summed E-state index contributed by atoms with van der Waals surface area (Å²) in [6, 6.07) is 11.5. The Morgan fingerprint density at radius 2 is 1.79 bits per heavy atom. The number of hydrogen-bond donors (Lipinski definition) is 1. The summed E-state index contributed by atoms with van der Waals surface area (Å²) in [5.41, 5.74) is 2.35. The molecule has 1 amide bonds. The molecule has 0 unspecified atom stereocenters. The number of amides is 1. The highest BCUT2D eigenvalue weighted by Gasteiger charge is 2.26. The van der Waals surface area contributed by atoms with Gasteiger partial charge in [-0.2, -0.15) is 4.31 Å². The number of carbonyl (C=O) groups is 2. The van der Waals surface area contributed by atoms with E-state index in [0.717, 1.165) is 24.8 Å². The third-order valence-corrected chi connectivity index (χ3v) is 7.70. The molecule has 1 fully saturated rings. The van der Waals surface area contributed by atoms with E-state index >= 15 is 0 Å². The van der Waals surface area contributed by atoms with Crippen LogP contribution in [0.1, 0.15) is 43.0 Å². The molecule has 3 aromatic rings. The number of anilines is 1. The largest absolute Gasteiger partial charge is 0.462 e. The zero-order valence-corrected chi connectivity index (χ0v) is 19.9. The second-order valence-electron chi connectivity index (χ2n) is 8.15. The summed E-state index contributed by atoms with van der Waals surface area (Å²) in [7, 11) is -3.53. The van der Waals surface area contributed by atoms with Gasteiger partial charge in [0.1, 0.15) is 0 Å². The zero-order chi connectivity index (χ0) is 24.1. The predicted molar refractivity (Wildman–Crippen MR) is 128 cm³/mol. The highest BCUT2D eigenvalue weighted by molar-refractivity contribution is 7.89. The third kappa shape index (κ3) is 5.28. The Morgan fingerprint density at radius 1 is 1.06 bits per heavy atom. The molecular weight excluding hydrogens is 456 g/mol. The molecular formula is C24H28N4O5S. The van der Waals surface area contributed by atoms with E-state index < -0.39 is 16.0 Å². The van der Waals surface area contributed by atoms with E-state index in [4.69, 9.17) is 4.74 Å². The molecule has 0 saturated carbocycles. The van der Waals surface area contributed by atoms with Crippen molar-refractivity contribution in [2.75, 3.05) is 25.0 Å². The van der Waals surface area contributed by atoms with Crippen molar-refractivity contribution in [1.29, 1.82) is 0 Å². The van der Waals surface area contributed by atoms with E-state index in [-0.39, 0.29) is 17.2 Å². The lowest BCUT2D eigenvalue weighted by Gasteiger charge is -2.25. The van der Waals surface area contributed by atoms with Gasteiger partial charge in [-0.15, -0.1) is 0 Å². The Labute approximate surface area is 198 Å². The maximum absolute atomic E-state index is 12.9. The van der Waals surface area contributed by atoms with Gasteiger partial charge in [0, 0.05) is 31.7 Å². The summed E-state index contributed by atoms with van der Waals surface area (Å²) in [5, 5.41) is 2.81. The summed E-state index contributed by atoms with van der Waals surface area (Å²) >= 11 is 0. The van der Waals surface area contributed by atoms with Crippen LogP contribution >= 0.6 is 0 Å². The first kappa shape index (κ1) is 23.9. The maximum Gasteiger partial charge on any atom is 0.338 e. The molecule has 0 bridgehead atoms. The van der Waals surface area contributed by atoms with Gasteiger partial charge >= 0.3 is 5.97 Å². The molecule has 0 spiro atoms. The number of aromatic nitrogens is 2. The molecule has 2 heterocycles. The molecule has 1 aliphatic rings. The fourth-order valence-corrected chi connectivity index (χ4v) is 5.52. The standard InChI is InChI=1S/C24H28N4O5S/c1-2-33-24(30)18-6-8-19(9-7-18)26-23(29)12-15-27-17-25-21-16-20(10-11-22(21)27)34(31,32)28-13-4-3-5-14-28/h6-11,16-17H,2-5,12-15H2,1H3,(H,26,29). The Hall–Kier alpha value is -3.24. The van der Waals surface area contributed by atoms with E-state index in [1.54, 1.807) is 55.7 Å². The number of fused-ring (bicyclic) bond motifs is 1. The van der Waals surface area contributed by atoms with Crippen LogP contribution in [0.3, 0.4) is 0 Å². The first-order chi connectivity index (χ1) is 16.4. The van der Waals surface area contributed by atoms with E-state index in [1.807, 2.05) is 4.57 Å². The molecule has 1 N–H and O–H groups in total. The smallest absolute Gasteiger partial charge is 0.338 e. The van der Waals surface area contributed by atoms with Crippen molar-refractivity contribution in [3.05, 3.63) is 54.4 Å². The summed E-state index contributed by atoms with van der Waals surface area (Å²) in [6.45, 7) is 3.54. The first-order valence-corrected chi connectivity index (χ1v) is 12.8. The number of nitrogens with zero attached hydrogens (tertiary/aromatic N) is 3. The van der Waals surface area contributed by atoms with Crippen LogP contribution in [-0.4, -0.2) is 53.8 Å². The van der Waals surface area contributed by atoms with Crippen LogP contribution < -0.4 is 5.32 Å². The summed E-state index contributed by atoms with van der Waals surface area (Å²) in [6.07, 6.45) is 4.64. The molecule has 180 valence electrons. The van der Waals surface area contributed by atoms with E-state index in [2.05, 4.69) is 10.3 Å². The van der Waals surface area contributed by atoms with Crippen LogP contribution in [0.4, 0.5) is 5.69 Å². The van der Waals surface area contributed by atoms with Gasteiger partial charge in [-0.1, -0.05) is 6.42 Å². The number of sulfonamides is 1. The number of ether oxygens (including phenoxy) is 1. The Morgan fingerprint density at radius 3 is 2.50 bits per heavy atom. The number of aryl methyl sites for hydroxylation is 1. The fourth-order valence-electron chi connectivity index (χ4n) is 3.99. The van der Waals surface area contributed by atoms with Gasteiger partial charge in [-0.05, 0) is 62.2 Å². The fraction of sp³-hybridized carbons (Fsp3) is 0.375. The van der Waals surface area contributed by atoms with Gasteiger partial charge in [-0.3, -0.25) is 4.79 Å². The van der Waals surface area contributed by atoms with Gasteiger partial charge in [0.15, 0.2) is 0 Å². The van der Waals surface area contributed by atoms with Gasteiger partial charge in [-0.25, -0.2) is 18.2 Å². The maximum atomic E-state index is 12.9. The van der Waals surface area contributed by atoms with Crippen molar-refractivity contribution in [3.63, 3.8) is 0 Å². The lowest BCUT2D eigenvalue weighted by molar-refractivity contribution is -0.116. The Bertz CT molecular complexity index is 1280. The van der Waals surface area contributed by atoms with E-state index in [9.17, 15) is 18.0 Å². The molecule has 34 heavy (non-hydrogen) atoms.